The Morgan fingerprint density at radius 2 is 1.76 bits per heavy atom. The topological polar surface area (TPSA) is 50.8 Å². The highest BCUT2D eigenvalue weighted by atomic mass is 16.5. The van der Waals surface area contributed by atoms with Crippen molar-refractivity contribution in [3.05, 3.63) is 24.3 Å². The van der Waals surface area contributed by atoms with Crippen molar-refractivity contribution < 1.29 is 14.3 Å². The lowest BCUT2D eigenvalue weighted by Gasteiger charge is -2.27. The monoisotopic (exact) mass is 292 g/mol. The molecule has 1 amide bonds. The Bertz CT molecular complexity index is 445. The maximum Gasteiger partial charge on any atom is 0.226 e. The molecule has 1 aliphatic rings. The molecule has 1 aromatic carbocycles. The average Bonchev–Trinajstić information content (AvgIpc) is 2.54. The zero-order chi connectivity index (χ0) is 14.9. The third kappa shape index (κ3) is 4.93. The third-order valence-electron chi connectivity index (χ3n) is 3.35. The van der Waals surface area contributed by atoms with E-state index in [1.807, 2.05) is 29.2 Å². The highest BCUT2D eigenvalue weighted by Crippen LogP contribution is 2.26. The molecule has 0 unspecified atom stereocenters. The Morgan fingerprint density at radius 3 is 2.38 bits per heavy atom. The van der Waals surface area contributed by atoms with E-state index in [1.165, 1.54) is 0 Å². The molecule has 0 spiro atoms. The summed E-state index contributed by atoms with van der Waals surface area (Å²) < 4.78 is 11.3. The van der Waals surface area contributed by atoms with Gasteiger partial charge in [0.15, 0.2) is 11.5 Å². The van der Waals surface area contributed by atoms with E-state index in [9.17, 15) is 4.79 Å². The summed E-state index contributed by atoms with van der Waals surface area (Å²) in [4.78, 5) is 13.9. The van der Waals surface area contributed by atoms with Gasteiger partial charge in [-0.3, -0.25) is 4.79 Å². The Labute approximate surface area is 126 Å². The van der Waals surface area contributed by atoms with E-state index in [2.05, 4.69) is 12.2 Å². The van der Waals surface area contributed by atoms with E-state index >= 15 is 0 Å². The van der Waals surface area contributed by atoms with Gasteiger partial charge in [0.2, 0.25) is 5.91 Å². The van der Waals surface area contributed by atoms with Crippen molar-refractivity contribution >= 4 is 5.91 Å². The van der Waals surface area contributed by atoms with Crippen LogP contribution in [-0.2, 0) is 4.79 Å². The fourth-order valence-electron chi connectivity index (χ4n) is 2.22. The molecule has 21 heavy (non-hydrogen) atoms. The summed E-state index contributed by atoms with van der Waals surface area (Å²) in [6.45, 7) is 6.44. The fraction of sp³-hybridized carbons (Fsp3) is 0.562. The molecule has 5 heteroatoms. The number of hydrogen-bond donors (Lipinski definition) is 1. The number of carbonyl (C=O) groups is 1. The standard InChI is InChI=1S/C16H24N2O3/c1-2-12-20-14-5-3-4-6-15(14)21-13-7-16(19)18-10-8-17-9-11-18/h3-6,17H,2,7-13H2,1H3. The first-order chi connectivity index (χ1) is 10.3. The van der Waals surface area contributed by atoms with Crippen molar-refractivity contribution in [2.24, 2.45) is 0 Å². The van der Waals surface area contributed by atoms with Crippen LogP contribution in [0.5, 0.6) is 11.5 Å². The first kappa shape index (κ1) is 15.6. The van der Waals surface area contributed by atoms with Gasteiger partial charge >= 0.3 is 0 Å². The summed E-state index contributed by atoms with van der Waals surface area (Å²) in [6.07, 6.45) is 1.36. The second-order valence-electron chi connectivity index (χ2n) is 5.02. The number of amides is 1. The number of benzene rings is 1. The second-order valence-corrected chi connectivity index (χ2v) is 5.02. The summed E-state index contributed by atoms with van der Waals surface area (Å²) in [6, 6.07) is 7.60. The lowest BCUT2D eigenvalue weighted by atomic mass is 10.3. The number of carbonyl (C=O) groups excluding carboxylic acids is 1. The minimum atomic E-state index is 0.156. The second kappa shape index (κ2) is 8.52. The molecule has 0 aromatic heterocycles. The molecule has 1 fully saturated rings. The van der Waals surface area contributed by atoms with Crippen molar-refractivity contribution in [1.29, 1.82) is 0 Å². The molecule has 0 saturated carbocycles. The molecule has 5 nitrogen and oxygen atoms in total. The molecule has 1 aromatic rings. The van der Waals surface area contributed by atoms with Gasteiger partial charge in [-0.2, -0.15) is 0 Å². The maximum absolute atomic E-state index is 12.0. The number of rotatable bonds is 7. The normalized spacial score (nSPS) is 14.8. The fourth-order valence-corrected chi connectivity index (χ4v) is 2.22. The Morgan fingerprint density at radius 1 is 1.14 bits per heavy atom. The van der Waals surface area contributed by atoms with Crippen LogP contribution < -0.4 is 14.8 Å². The predicted molar refractivity (Wildman–Crippen MR) is 81.8 cm³/mol. The Balaban J connectivity index is 1.78. The Kier molecular flexibility index (Phi) is 6.34. The van der Waals surface area contributed by atoms with Gasteiger partial charge in [-0.15, -0.1) is 0 Å². The smallest absolute Gasteiger partial charge is 0.226 e. The minimum absolute atomic E-state index is 0.156. The first-order valence-corrected chi connectivity index (χ1v) is 7.64. The van der Waals surface area contributed by atoms with E-state index < -0.39 is 0 Å². The zero-order valence-corrected chi connectivity index (χ0v) is 12.6. The van der Waals surface area contributed by atoms with Gasteiger partial charge in [-0.25, -0.2) is 0 Å². The SMILES string of the molecule is CCCOc1ccccc1OCCC(=O)N1CCNCC1. The van der Waals surface area contributed by atoms with Crippen molar-refractivity contribution in [2.45, 2.75) is 19.8 Å². The lowest BCUT2D eigenvalue weighted by Crippen LogP contribution is -2.46. The van der Waals surface area contributed by atoms with Crippen LogP contribution >= 0.6 is 0 Å². The summed E-state index contributed by atoms with van der Waals surface area (Å²) in [5.74, 6) is 1.61. The number of para-hydroxylation sites is 2. The largest absolute Gasteiger partial charge is 0.490 e. The van der Waals surface area contributed by atoms with Gasteiger partial charge in [0.1, 0.15) is 0 Å². The van der Waals surface area contributed by atoms with E-state index in [4.69, 9.17) is 9.47 Å². The van der Waals surface area contributed by atoms with Crippen LogP contribution in [0.15, 0.2) is 24.3 Å². The van der Waals surface area contributed by atoms with E-state index in [0.29, 0.717) is 25.4 Å². The van der Waals surface area contributed by atoms with Crippen molar-refractivity contribution in [3.8, 4) is 11.5 Å². The van der Waals surface area contributed by atoms with Crippen LogP contribution in [0.1, 0.15) is 19.8 Å². The molecule has 116 valence electrons. The molecule has 1 saturated heterocycles. The third-order valence-corrected chi connectivity index (χ3v) is 3.35. The van der Waals surface area contributed by atoms with Gasteiger partial charge in [0, 0.05) is 26.2 Å². The van der Waals surface area contributed by atoms with Gasteiger partial charge in [0.05, 0.1) is 19.6 Å². The minimum Gasteiger partial charge on any atom is -0.490 e. The summed E-state index contributed by atoms with van der Waals surface area (Å²) in [7, 11) is 0. The van der Waals surface area contributed by atoms with Crippen LogP contribution in [0.2, 0.25) is 0 Å². The molecule has 0 radical (unpaired) electrons. The maximum atomic E-state index is 12.0. The van der Waals surface area contributed by atoms with E-state index in [0.717, 1.165) is 38.3 Å². The van der Waals surface area contributed by atoms with Crippen molar-refractivity contribution in [1.82, 2.24) is 10.2 Å². The van der Waals surface area contributed by atoms with Crippen LogP contribution in [0.4, 0.5) is 0 Å². The number of piperazine rings is 1. The van der Waals surface area contributed by atoms with Crippen LogP contribution in [0.25, 0.3) is 0 Å². The van der Waals surface area contributed by atoms with Gasteiger partial charge in [0.25, 0.3) is 0 Å². The number of nitrogens with zero attached hydrogens (tertiary/aromatic N) is 1. The first-order valence-electron chi connectivity index (χ1n) is 7.64. The van der Waals surface area contributed by atoms with Gasteiger partial charge in [-0.1, -0.05) is 19.1 Å². The molecule has 1 heterocycles. The summed E-state index contributed by atoms with van der Waals surface area (Å²) in [5.41, 5.74) is 0. The van der Waals surface area contributed by atoms with E-state index in [-0.39, 0.29) is 5.91 Å². The Hall–Kier alpha value is -1.75. The summed E-state index contributed by atoms with van der Waals surface area (Å²) in [5, 5.41) is 3.24. The van der Waals surface area contributed by atoms with Crippen molar-refractivity contribution in [3.63, 3.8) is 0 Å². The molecule has 2 rings (SSSR count). The van der Waals surface area contributed by atoms with Crippen LogP contribution in [0.3, 0.4) is 0 Å². The number of hydrogen-bond acceptors (Lipinski definition) is 4. The molecule has 1 aliphatic heterocycles. The lowest BCUT2D eigenvalue weighted by molar-refractivity contribution is -0.132. The summed E-state index contributed by atoms with van der Waals surface area (Å²) >= 11 is 0. The molecule has 0 bridgehead atoms. The highest BCUT2D eigenvalue weighted by Gasteiger charge is 2.16. The van der Waals surface area contributed by atoms with E-state index in [1.54, 1.807) is 0 Å². The molecule has 0 atom stereocenters. The number of ether oxygens (including phenoxy) is 2. The van der Waals surface area contributed by atoms with Crippen LogP contribution in [0, 0.1) is 0 Å². The molecule has 0 aliphatic carbocycles. The quantitative estimate of drug-likeness (QED) is 0.830. The van der Waals surface area contributed by atoms with Crippen molar-refractivity contribution in [2.75, 3.05) is 39.4 Å². The van der Waals surface area contributed by atoms with Gasteiger partial charge in [-0.05, 0) is 18.6 Å². The van der Waals surface area contributed by atoms with Gasteiger partial charge < -0.3 is 19.7 Å². The molecule has 1 N–H and O–H groups in total. The zero-order valence-electron chi connectivity index (χ0n) is 12.6. The molecular weight excluding hydrogens is 268 g/mol. The predicted octanol–water partition coefficient (Wildman–Crippen LogP) is 1.68. The van der Waals surface area contributed by atoms with Crippen LogP contribution in [-0.4, -0.2) is 50.2 Å². The average molecular weight is 292 g/mol. The number of nitrogens with one attached hydrogen (secondary N) is 1. The molecular formula is C16H24N2O3. The highest BCUT2D eigenvalue weighted by molar-refractivity contribution is 5.76.